The van der Waals surface area contributed by atoms with Crippen LogP contribution in [0.25, 0.3) is 0 Å². The zero-order valence-electron chi connectivity index (χ0n) is 13.6. The topological polar surface area (TPSA) is 69.6 Å². The van der Waals surface area contributed by atoms with Gasteiger partial charge in [0.05, 0.1) is 11.2 Å². The quantitative estimate of drug-likeness (QED) is 0.789. The summed E-state index contributed by atoms with van der Waals surface area (Å²) in [5.74, 6) is -0.901. The molecular formula is C20H23NO3. The van der Waals surface area contributed by atoms with Crippen molar-refractivity contribution < 1.29 is 15.0 Å². The Bertz CT molecular complexity index is 691. The minimum absolute atomic E-state index is 0.316. The van der Waals surface area contributed by atoms with Crippen molar-refractivity contribution in [1.82, 2.24) is 5.32 Å². The number of carbonyl (C=O) groups is 1. The van der Waals surface area contributed by atoms with E-state index in [0.717, 1.165) is 36.8 Å². The monoisotopic (exact) mass is 325 g/mol. The summed E-state index contributed by atoms with van der Waals surface area (Å²) in [4.78, 5) is 11.0. The van der Waals surface area contributed by atoms with Crippen LogP contribution < -0.4 is 5.32 Å². The van der Waals surface area contributed by atoms with Gasteiger partial charge in [0.15, 0.2) is 0 Å². The van der Waals surface area contributed by atoms with Crippen molar-refractivity contribution in [2.24, 2.45) is 0 Å². The normalized spacial score (nSPS) is 23.8. The molecule has 3 N–H and O–H groups in total. The van der Waals surface area contributed by atoms with Crippen molar-refractivity contribution in [3.63, 3.8) is 0 Å². The van der Waals surface area contributed by atoms with Gasteiger partial charge in [0, 0.05) is 12.6 Å². The first-order chi connectivity index (χ1) is 11.6. The Morgan fingerprint density at radius 2 is 1.79 bits per heavy atom. The van der Waals surface area contributed by atoms with Crippen molar-refractivity contribution in [3.8, 4) is 0 Å². The fourth-order valence-corrected chi connectivity index (χ4v) is 3.41. The smallest absolute Gasteiger partial charge is 0.335 e. The molecule has 24 heavy (non-hydrogen) atoms. The van der Waals surface area contributed by atoms with E-state index in [1.54, 1.807) is 18.2 Å². The number of aromatic carboxylic acids is 1. The zero-order valence-corrected chi connectivity index (χ0v) is 13.6. The van der Waals surface area contributed by atoms with E-state index in [-0.39, 0.29) is 0 Å². The Hall–Kier alpha value is -2.17. The summed E-state index contributed by atoms with van der Waals surface area (Å²) in [5.41, 5.74) is 1.57. The van der Waals surface area contributed by atoms with E-state index in [0.29, 0.717) is 18.2 Å². The highest BCUT2D eigenvalue weighted by Gasteiger charge is 2.34. The highest BCUT2D eigenvalue weighted by molar-refractivity contribution is 5.87. The Balaban J connectivity index is 1.54. The van der Waals surface area contributed by atoms with Crippen LogP contribution >= 0.6 is 0 Å². The van der Waals surface area contributed by atoms with Crippen molar-refractivity contribution in [1.29, 1.82) is 0 Å². The summed E-state index contributed by atoms with van der Waals surface area (Å²) in [5, 5.41) is 23.4. The first-order valence-electron chi connectivity index (χ1n) is 8.40. The molecule has 1 fully saturated rings. The number of carboxylic acids is 1. The van der Waals surface area contributed by atoms with Crippen LogP contribution in [0.15, 0.2) is 54.6 Å². The molecule has 0 radical (unpaired) electrons. The fraction of sp³-hybridized carbons (Fsp3) is 0.350. The number of hydrogen-bond donors (Lipinski definition) is 3. The second kappa shape index (κ2) is 7.16. The second-order valence-corrected chi connectivity index (χ2v) is 6.56. The molecule has 4 nitrogen and oxygen atoms in total. The van der Waals surface area contributed by atoms with Gasteiger partial charge in [-0.05, 0) is 48.9 Å². The Morgan fingerprint density at radius 1 is 1.08 bits per heavy atom. The van der Waals surface area contributed by atoms with E-state index in [9.17, 15) is 9.90 Å². The van der Waals surface area contributed by atoms with Crippen molar-refractivity contribution in [2.75, 3.05) is 0 Å². The van der Waals surface area contributed by atoms with Gasteiger partial charge >= 0.3 is 5.97 Å². The summed E-state index contributed by atoms with van der Waals surface area (Å²) in [6.07, 6.45) is 3.29. The molecule has 0 heterocycles. The van der Waals surface area contributed by atoms with Gasteiger partial charge in [-0.3, -0.25) is 0 Å². The second-order valence-electron chi connectivity index (χ2n) is 6.56. The van der Waals surface area contributed by atoms with E-state index in [2.05, 4.69) is 5.32 Å². The van der Waals surface area contributed by atoms with Crippen LogP contribution in [0.5, 0.6) is 0 Å². The molecular weight excluding hydrogens is 302 g/mol. The molecule has 4 heteroatoms. The molecule has 126 valence electrons. The standard InChI is InChI=1S/C20H23NO3/c22-19(23)16-6-4-5-15(13-16)14-21-18-9-11-20(24,12-10-18)17-7-2-1-3-8-17/h1-8,13,18,21,24H,9-12,14H2,(H,22,23). The van der Waals surface area contributed by atoms with Gasteiger partial charge in [0.2, 0.25) is 0 Å². The summed E-state index contributed by atoms with van der Waals surface area (Å²) in [6, 6.07) is 17.2. The van der Waals surface area contributed by atoms with E-state index in [1.165, 1.54) is 0 Å². The molecule has 2 aromatic carbocycles. The zero-order chi connectivity index (χ0) is 17.0. The van der Waals surface area contributed by atoms with Crippen molar-refractivity contribution in [3.05, 3.63) is 71.3 Å². The van der Waals surface area contributed by atoms with Crippen LogP contribution in [0.1, 0.15) is 47.2 Å². The number of hydrogen-bond acceptors (Lipinski definition) is 3. The number of rotatable bonds is 5. The number of aliphatic hydroxyl groups is 1. The van der Waals surface area contributed by atoms with Crippen LogP contribution in [0.3, 0.4) is 0 Å². The average molecular weight is 325 g/mol. The molecule has 0 aliphatic heterocycles. The van der Waals surface area contributed by atoms with E-state index < -0.39 is 11.6 Å². The van der Waals surface area contributed by atoms with E-state index in [4.69, 9.17) is 5.11 Å². The maximum Gasteiger partial charge on any atom is 0.335 e. The molecule has 0 bridgehead atoms. The Morgan fingerprint density at radius 3 is 2.46 bits per heavy atom. The van der Waals surface area contributed by atoms with Crippen molar-refractivity contribution in [2.45, 2.75) is 43.9 Å². The lowest BCUT2D eigenvalue weighted by atomic mass is 9.78. The predicted octanol–water partition coefficient (Wildman–Crippen LogP) is 3.30. The number of carboxylic acid groups (broad SMARTS) is 1. The molecule has 1 saturated carbocycles. The lowest BCUT2D eigenvalue weighted by molar-refractivity contribution is -0.00847. The highest BCUT2D eigenvalue weighted by atomic mass is 16.4. The highest BCUT2D eigenvalue weighted by Crippen LogP contribution is 2.36. The van der Waals surface area contributed by atoms with Gasteiger partial charge in [-0.25, -0.2) is 4.79 Å². The number of benzene rings is 2. The van der Waals surface area contributed by atoms with Crippen LogP contribution in [-0.2, 0) is 12.1 Å². The molecule has 0 saturated heterocycles. The lowest BCUT2D eigenvalue weighted by Crippen LogP contribution is -2.39. The third-order valence-corrected chi connectivity index (χ3v) is 4.89. The lowest BCUT2D eigenvalue weighted by Gasteiger charge is -2.36. The molecule has 0 spiro atoms. The Labute approximate surface area is 142 Å². The fourth-order valence-electron chi connectivity index (χ4n) is 3.41. The molecule has 0 atom stereocenters. The predicted molar refractivity (Wildman–Crippen MR) is 92.8 cm³/mol. The largest absolute Gasteiger partial charge is 0.478 e. The van der Waals surface area contributed by atoms with Gasteiger partial charge in [-0.2, -0.15) is 0 Å². The maximum atomic E-state index is 11.0. The van der Waals surface area contributed by atoms with Gasteiger partial charge in [-0.15, -0.1) is 0 Å². The summed E-state index contributed by atoms with van der Waals surface area (Å²) in [6.45, 7) is 0.648. The van der Waals surface area contributed by atoms with E-state index in [1.807, 2.05) is 36.4 Å². The van der Waals surface area contributed by atoms with Crippen LogP contribution in [-0.4, -0.2) is 22.2 Å². The summed E-state index contributed by atoms with van der Waals surface area (Å²) in [7, 11) is 0. The first kappa shape index (κ1) is 16.7. The molecule has 3 rings (SSSR count). The van der Waals surface area contributed by atoms with Crippen molar-refractivity contribution >= 4 is 5.97 Å². The minimum atomic E-state index is -0.901. The van der Waals surface area contributed by atoms with Gasteiger partial charge in [0.1, 0.15) is 0 Å². The summed E-state index contributed by atoms with van der Waals surface area (Å²) < 4.78 is 0. The minimum Gasteiger partial charge on any atom is -0.478 e. The van der Waals surface area contributed by atoms with Crippen LogP contribution in [0.4, 0.5) is 0 Å². The number of nitrogens with one attached hydrogen (secondary N) is 1. The van der Waals surface area contributed by atoms with Gasteiger partial charge in [-0.1, -0.05) is 42.5 Å². The maximum absolute atomic E-state index is 11.0. The van der Waals surface area contributed by atoms with Crippen LogP contribution in [0, 0.1) is 0 Å². The third kappa shape index (κ3) is 3.83. The third-order valence-electron chi connectivity index (χ3n) is 4.89. The van der Waals surface area contributed by atoms with E-state index >= 15 is 0 Å². The molecule has 0 amide bonds. The first-order valence-corrected chi connectivity index (χ1v) is 8.40. The van der Waals surface area contributed by atoms with Crippen LogP contribution in [0.2, 0.25) is 0 Å². The Kier molecular flexibility index (Phi) is 4.97. The summed E-state index contributed by atoms with van der Waals surface area (Å²) >= 11 is 0. The molecule has 1 aliphatic rings. The van der Waals surface area contributed by atoms with Gasteiger partial charge < -0.3 is 15.5 Å². The molecule has 2 aromatic rings. The molecule has 0 unspecified atom stereocenters. The van der Waals surface area contributed by atoms with Gasteiger partial charge in [0.25, 0.3) is 0 Å². The molecule has 0 aromatic heterocycles. The molecule has 1 aliphatic carbocycles. The average Bonchev–Trinajstić information content (AvgIpc) is 2.62. The SMILES string of the molecule is O=C(O)c1cccc(CNC2CCC(O)(c3ccccc3)CC2)c1.